The highest BCUT2D eigenvalue weighted by Crippen LogP contribution is 2.38. The van der Waals surface area contributed by atoms with Crippen molar-refractivity contribution in [3.63, 3.8) is 0 Å². The van der Waals surface area contributed by atoms with Crippen LogP contribution in [-0.2, 0) is 6.42 Å². The first-order chi connectivity index (χ1) is 14.7. The molecule has 0 aliphatic rings. The first-order valence-corrected chi connectivity index (χ1v) is 9.91. The van der Waals surface area contributed by atoms with Gasteiger partial charge in [0.25, 0.3) is 11.6 Å². The number of nitrogens with two attached hydrogens (primary N) is 1. The molecule has 0 spiro atoms. The van der Waals surface area contributed by atoms with E-state index >= 15 is 0 Å². The molecule has 1 amide bonds. The average Bonchev–Trinajstić information content (AvgIpc) is 3.11. The van der Waals surface area contributed by atoms with Gasteiger partial charge in [0.05, 0.1) is 21.7 Å². The number of hydrogen-bond donors (Lipinski definition) is 2. The molecular formula is C23H27N5O3. The van der Waals surface area contributed by atoms with Crippen molar-refractivity contribution in [2.24, 2.45) is 5.73 Å². The number of anilines is 1. The van der Waals surface area contributed by atoms with Crippen LogP contribution in [-0.4, -0.2) is 55.4 Å². The second-order valence-electron chi connectivity index (χ2n) is 7.86. The van der Waals surface area contributed by atoms with E-state index in [1.54, 1.807) is 18.2 Å². The molecule has 1 aromatic heterocycles. The molecule has 0 atom stereocenters. The Balaban J connectivity index is 2.26. The third-order valence-electron chi connectivity index (χ3n) is 5.20. The lowest BCUT2D eigenvalue weighted by atomic mass is 9.98. The maximum absolute atomic E-state index is 12.5. The Bertz CT molecular complexity index is 1100. The van der Waals surface area contributed by atoms with Gasteiger partial charge in [0.15, 0.2) is 0 Å². The van der Waals surface area contributed by atoms with Gasteiger partial charge in [-0.2, -0.15) is 0 Å². The Hall–Kier alpha value is -3.65. The predicted molar refractivity (Wildman–Crippen MR) is 123 cm³/mol. The number of nitro groups is 1. The summed E-state index contributed by atoms with van der Waals surface area (Å²) in [5.74, 6) is -0.616. The number of nitrogens with zero attached hydrogens (tertiary/aromatic N) is 3. The van der Waals surface area contributed by atoms with E-state index in [2.05, 4.69) is 4.98 Å². The van der Waals surface area contributed by atoms with E-state index in [1.165, 1.54) is 6.07 Å². The molecule has 0 saturated carbocycles. The highest BCUT2D eigenvalue weighted by atomic mass is 16.6. The van der Waals surface area contributed by atoms with Crippen LogP contribution in [0.1, 0.15) is 15.9 Å². The minimum Gasteiger partial charge on any atom is -0.378 e. The fourth-order valence-electron chi connectivity index (χ4n) is 3.62. The molecule has 0 aliphatic carbocycles. The van der Waals surface area contributed by atoms with Gasteiger partial charge in [-0.3, -0.25) is 14.9 Å². The number of para-hydroxylation sites is 1. The minimum atomic E-state index is -0.616. The summed E-state index contributed by atoms with van der Waals surface area (Å²) in [7, 11) is 7.82. The number of carbonyl (C=O) groups is 1. The zero-order valence-corrected chi connectivity index (χ0v) is 18.2. The highest BCUT2D eigenvalue weighted by molar-refractivity contribution is 6.04. The molecule has 8 nitrogen and oxygen atoms in total. The lowest BCUT2D eigenvalue weighted by molar-refractivity contribution is -0.384. The fourth-order valence-corrected chi connectivity index (χ4v) is 3.62. The molecule has 3 N–H and O–H groups in total. The van der Waals surface area contributed by atoms with Crippen molar-refractivity contribution in [3.8, 4) is 22.5 Å². The Labute approximate surface area is 181 Å². The zero-order chi connectivity index (χ0) is 22.7. The summed E-state index contributed by atoms with van der Waals surface area (Å²) in [6.45, 7) is 0.692. The number of aromatic amines is 1. The van der Waals surface area contributed by atoms with Crippen LogP contribution in [0.5, 0.6) is 0 Å². The van der Waals surface area contributed by atoms with Gasteiger partial charge in [-0.25, -0.2) is 0 Å². The Morgan fingerprint density at radius 2 is 1.68 bits per heavy atom. The molecule has 3 rings (SSSR count). The monoisotopic (exact) mass is 421 g/mol. The van der Waals surface area contributed by atoms with Crippen molar-refractivity contribution in [2.45, 2.75) is 6.42 Å². The van der Waals surface area contributed by atoms with Crippen molar-refractivity contribution < 1.29 is 9.72 Å². The number of nitro benzene ring substituents is 1. The topological polar surface area (TPSA) is 108 Å². The first-order valence-electron chi connectivity index (χ1n) is 9.91. The van der Waals surface area contributed by atoms with Crippen molar-refractivity contribution in [3.05, 3.63) is 69.8 Å². The number of benzene rings is 2. The first kappa shape index (κ1) is 22.0. The molecule has 3 aromatic rings. The average molecular weight is 422 g/mol. The van der Waals surface area contributed by atoms with Crippen molar-refractivity contribution in [2.75, 3.05) is 39.6 Å². The van der Waals surface area contributed by atoms with Crippen LogP contribution in [0.4, 0.5) is 11.4 Å². The van der Waals surface area contributed by atoms with Crippen LogP contribution in [0, 0.1) is 10.1 Å². The summed E-state index contributed by atoms with van der Waals surface area (Å²) >= 11 is 0. The van der Waals surface area contributed by atoms with Gasteiger partial charge in [-0.05, 0) is 49.8 Å². The Kier molecular flexibility index (Phi) is 6.41. The van der Waals surface area contributed by atoms with Crippen molar-refractivity contribution in [1.82, 2.24) is 9.88 Å². The second-order valence-corrected chi connectivity index (χ2v) is 7.86. The van der Waals surface area contributed by atoms with E-state index in [1.807, 2.05) is 62.3 Å². The van der Waals surface area contributed by atoms with Gasteiger partial charge >= 0.3 is 0 Å². The number of nitrogens with one attached hydrogen (secondary N) is 1. The van der Waals surface area contributed by atoms with E-state index in [9.17, 15) is 14.9 Å². The summed E-state index contributed by atoms with van der Waals surface area (Å²) in [5, 5.41) is 11.6. The molecule has 0 fully saturated rings. The number of hydrogen-bond acceptors (Lipinski definition) is 5. The third kappa shape index (κ3) is 4.59. The number of likely N-dealkylation sites (N-methyl/N-ethyl adjacent to an activating group) is 1. The smallest absolute Gasteiger partial charge is 0.278 e. The highest BCUT2D eigenvalue weighted by Gasteiger charge is 2.27. The molecule has 0 bridgehead atoms. The number of aromatic nitrogens is 1. The Morgan fingerprint density at radius 1 is 1.03 bits per heavy atom. The van der Waals surface area contributed by atoms with E-state index in [4.69, 9.17) is 5.73 Å². The maximum Gasteiger partial charge on any atom is 0.278 e. The second kappa shape index (κ2) is 9.01. The largest absolute Gasteiger partial charge is 0.378 e. The SMILES string of the molecule is CN(C)CCc1c(-c2ccc(N(C)C)cc2)[nH]c(-c2ccccc2[N+](=O)[O-])c1C(N)=O. The normalized spacial score (nSPS) is 11.0. The number of H-pyrrole nitrogens is 1. The Morgan fingerprint density at radius 3 is 2.23 bits per heavy atom. The lowest BCUT2D eigenvalue weighted by Gasteiger charge is -2.14. The van der Waals surface area contributed by atoms with Crippen molar-refractivity contribution >= 4 is 17.3 Å². The van der Waals surface area contributed by atoms with Gasteiger partial charge in [0, 0.05) is 38.1 Å². The molecule has 31 heavy (non-hydrogen) atoms. The number of carbonyl (C=O) groups excluding carboxylic acids is 1. The molecule has 0 radical (unpaired) electrons. The van der Waals surface area contributed by atoms with Crippen LogP contribution in [0.15, 0.2) is 48.5 Å². The summed E-state index contributed by atoms with van der Waals surface area (Å²) in [5.41, 5.74) is 10.1. The molecule has 2 aromatic carbocycles. The summed E-state index contributed by atoms with van der Waals surface area (Å²) < 4.78 is 0. The van der Waals surface area contributed by atoms with Crippen LogP contribution in [0.25, 0.3) is 22.5 Å². The van der Waals surface area contributed by atoms with Crippen LogP contribution in [0.2, 0.25) is 0 Å². The fraction of sp³-hybridized carbons (Fsp3) is 0.261. The molecule has 162 valence electrons. The van der Waals surface area contributed by atoms with E-state index in [0.29, 0.717) is 29.8 Å². The van der Waals surface area contributed by atoms with Crippen LogP contribution >= 0.6 is 0 Å². The lowest BCUT2D eigenvalue weighted by Crippen LogP contribution is -2.19. The van der Waals surface area contributed by atoms with Gasteiger partial charge in [0.1, 0.15) is 0 Å². The zero-order valence-electron chi connectivity index (χ0n) is 18.2. The molecule has 0 aliphatic heterocycles. The summed E-state index contributed by atoms with van der Waals surface area (Å²) in [4.78, 5) is 31.0. The van der Waals surface area contributed by atoms with E-state index in [0.717, 1.165) is 22.5 Å². The molecular weight excluding hydrogens is 394 g/mol. The number of primary amides is 1. The predicted octanol–water partition coefficient (Wildman–Crippen LogP) is 3.53. The molecule has 0 saturated heterocycles. The van der Waals surface area contributed by atoms with Crippen LogP contribution < -0.4 is 10.6 Å². The summed E-state index contributed by atoms with van der Waals surface area (Å²) in [6, 6.07) is 14.3. The molecule has 1 heterocycles. The summed E-state index contributed by atoms with van der Waals surface area (Å²) in [6.07, 6.45) is 0.563. The maximum atomic E-state index is 12.5. The number of amides is 1. The van der Waals surface area contributed by atoms with Gasteiger partial charge < -0.3 is 20.5 Å². The van der Waals surface area contributed by atoms with Gasteiger partial charge in [0.2, 0.25) is 0 Å². The molecule has 0 unspecified atom stereocenters. The quantitative estimate of drug-likeness (QED) is 0.427. The third-order valence-corrected chi connectivity index (χ3v) is 5.20. The minimum absolute atomic E-state index is 0.0834. The van der Waals surface area contributed by atoms with Crippen molar-refractivity contribution in [1.29, 1.82) is 0 Å². The van der Waals surface area contributed by atoms with Gasteiger partial charge in [-0.1, -0.05) is 24.3 Å². The standard InChI is InChI=1S/C23H27N5O3/c1-26(2)14-13-18-20(23(24)29)22(17-7-5-6-8-19(17)28(30)31)25-21(18)15-9-11-16(12-10-15)27(3)4/h5-12,25H,13-14H2,1-4H3,(H2,24,29). The van der Waals surface area contributed by atoms with Gasteiger partial charge in [-0.15, -0.1) is 0 Å². The van der Waals surface area contributed by atoms with E-state index in [-0.39, 0.29) is 5.69 Å². The number of rotatable bonds is 8. The molecule has 8 heteroatoms. The van der Waals surface area contributed by atoms with Crippen LogP contribution in [0.3, 0.4) is 0 Å². The van der Waals surface area contributed by atoms with E-state index < -0.39 is 10.8 Å².